The van der Waals surface area contributed by atoms with Crippen molar-refractivity contribution in [3.05, 3.63) is 70.3 Å². The van der Waals surface area contributed by atoms with Crippen LogP contribution >= 0.6 is 11.6 Å². The van der Waals surface area contributed by atoms with E-state index in [-0.39, 0.29) is 6.10 Å². The molecule has 1 N–H and O–H groups in total. The summed E-state index contributed by atoms with van der Waals surface area (Å²) in [4.78, 5) is 15.6. The number of carbonyl (C=O) groups is 1. The molecule has 2 bridgehead atoms. The number of rotatable bonds is 2. The number of nitrogens with one attached hydrogen (secondary N) is 1. The number of hydrogen-bond donors (Lipinski definition) is 1. The van der Waals surface area contributed by atoms with E-state index in [2.05, 4.69) is 15.7 Å². The molecule has 0 spiro atoms. The largest absolute Gasteiger partial charge is 0.487 e. The lowest BCUT2D eigenvalue weighted by atomic mass is 9.70. The molecule has 1 amide bonds. The molecule has 0 unspecified atom stereocenters. The van der Waals surface area contributed by atoms with E-state index < -0.39 is 21.2 Å². The van der Waals surface area contributed by atoms with Crippen LogP contribution in [0.3, 0.4) is 0 Å². The third-order valence-corrected chi connectivity index (χ3v) is 11.1. The molecule has 222 valence electrons. The number of benzene rings is 2. The van der Waals surface area contributed by atoms with E-state index in [0.717, 1.165) is 61.5 Å². The second-order valence-electron chi connectivity index (χ2n) is 11.5. The van der Waals surface area contributed by atoms with E-state index in [1.807, 2.05) is 31.2 Å². The fourth-order valence-corrected chi connectivity index (χ4v) is 8.00. The van der Waals surface area contributed by atoms with E-state index in [0.29, 0.717) is 49.0 Å². The van der Waals surface area contributed by atoms with E-state index in [9.17, 15) is 13.2 Å². The Hall–Kier alpha value is -2.55. The highest BCUT2D eigenvalue weighted by Crippen LogP contribution is 2.41. The number of amides is 1. The van der Waals surface area contributed by atoms with Crippen molar-refractivity contribution < 1.29 is 22.7 Å². The average Bonchev–Trinajstić information content (AvgIpc) is 2.96. The standard InChI is InChI=1S/C32H41ClN2O5S/c1-3-27-9-4-5-10-30(39-2)28-15-12-24(28)20-35-17-7-6-8-22-18-26(33)14-11-25(22)21-40-31-16-13-23(19-29(31)35)32(36)34-41(27,37)38/h5,10-11,13-14,16,18-19,24,27-28,30H,3-4,6-9,12,15,17,20-21H2,1-2H3,(H,34,36)/b10-5+/t24-,27+,28+,30-/m0/s1. The molecule has 41 heavy (non-hydrogen) atoms. The van der Waals surface area contributed by atoms with Gasteiger partial charge in [-0.1, -0.05) is 36.7 Å². The van der Waals surface area contributed by atoms with Gasteiger partial charge in [-0.25, -0.2) is 13.1 Å². The first-order valence-electron chi connectivity index (χ1n) is 14.8. The lowest BCUT2D eigenvalue weighted by molar-refractivity contribution is 0.0134. The third-order valence-electron chi connectivity index (χ3n) is 8.97. The smallest absolute Gasteiger partial charge is 0.264 e. The average molecular weight is 601 g/mol. The van der Waals surface area contributed by atoms with Crippen LogP contribution in [0, 0.1) is 11.8 Å². The summed E-state index contributed by atoms with van der Waals surface area (Å²) in [5.74, 6) is 0.894. The molecule has 2 aromatic carbocycles. The van der Waals surface area contributed by atoms with Crippen molar-refractivity contribution in [1.82, 2.24) is 4.72 Å². The molecule has 9 heteroatoms. The molecule has 2 heterocycles. The van der Waals surface area contributed by atoms with Crippen LogP contribution in [0.15, 0.2) is 48.6 Å². The molecule has 2 aromatic rings. The quantitative estimate of drug-likeness (QED) is 0.408. The Morgan fingerprint density at radius 2 is 1.95 bits per heavy atom. The van der Waals surface area contributed by atoms with Crippen molar-refractivity contribution in [2.75, 3.05) is 25.1 Å². The number of fused-ring (bicyclic) bond motifs is 3. The Kier molecular flexibility index (Phi) is 9.62. The zero-order valence-corrected chi connectivity index (χ0v) is 25.6. The number of carbonyl (C=O) groups excluding carboxylic acids is 1. The van der Waals surface area contributed by atoms with Crippen LogP contribution in [-0.2, 0) is 27.8 Å². The van der Waals surface area contributed by atoms with Crippen molar-refractivity contribution in [1.29, 1.82) is 0 Å². The molecule has 3 aliphatic rings. The number of allylic oxidation sites excluding steroid dienone is 1. The van der Waals surface area contributed by atoms with Crippen molar-refractivity contribution in [2.24, 2.45) is 11.8 Å². The van der Waals surface area contributed by atoms with Gasteiger partial charge in [-0.3, -0.25) is 4.79 Å². The summed E-state index contributed by atoms with van der Waals surface area (Å²) in [6.45, 7) is 3.83. The summed E-state index contributed by atoms with van der Waals surface area (Å²) in [7, 11) is -2.09. The molecule has 7 nitrogen and oxygen atoms in total. The summed E-state index contributed by atoms with van der Waals surface area (Å²) in [6.07, 6.45) is 10.7. The van der Waals surface area contributed by atoms with Crippen LogP contribution in [0.5, 0.6) is 5.75 Å². The van der Waals surface area contributed by atoms with Crippen LogP contribution in [0.1, 0.15) is 73.4 Å². The van der Waals surface area contributed by atoms with Crippen molar-refractivity contribution in [2.45, 2.75) is 76.3 Å². The van der Waals surface area contributed by atoms with Crippen LogP contribution in [0.4, 0.5) is 5.69 Å². The predicted octanol–water partition coefficient (Wildman–Crippen LogP) is 6.29. The zero-order valence-electron chi connectivity index (χ0n) is 24.0. The number of halogens is 1. The molecule has 0 radical (unpaired) electrons. The second kappa shape index (κ2) is 13.2. The minimum Gasteiger partial charge on any atom is -0.487 e. The topological polar surface area (TPSA) is 84.9 Å². The van der Waals surface area contributed by atoms with E-state index >= 15 is 0 Å². The fourth-order valence-electron chi connectivity index (χ4n) is 6.38. The zero-order chi connectivity index (χ0) is 29.0. The van der Waals surface area contributed by atoms with Crippen LogP contribution in [-0.4, -0.2) is 45.9 Å². The molecular weight excluding hydrogens is 560 g/mol. The van der Waals surface area contributed by atoms with Gasteiger partial charge in [0, 0.05) is 30.8 Å². The third kappa shape index (κ3) is 6.92. The van der Waals surface area contributed by atoms with Crippen LogP contribution in [0.25, 0.3) is 0 Å². The van der Waals surface area contributed by atoms with E-state index in [4.69, 9.17) is 21.1 Å². The van der Waals surface area contributed by atoms with Crippen molar-refractivity contribution in [3.63, 3.8) is 0 Å². The maximum absolute atomic E-state index is 13.3. The number of ether oxygens (including phenoxy) is 2. The first-order chi connectivity index (χ1) is 19.8. The van der Waals surface area contributed by atoms with Gasteiger partial charge in [-0.2, -0.15) is 0 Å². The maximum atomic E-state index is 13.3. The molecule has 1 fully saturated rings. The van der Waals surface area contributed by atoms with Crippen molar-refractivity contribution in [3.8, 4) is 5.75 Å². The molecule has 5 rings (SSSR count). The van der Waals surface area contributed by atoms with Gasteiger partial charge in [0.2, 0.25) is 10.0 Å². The van der Waals surface area contributed by atoms with Gasteiger partial charge in [0.25, 0.3) is 5.91 Å². The highest BCUT2D eigenvalue weighted by atomic mass is 35.5. The lowest BCUT2D eigenvalue weighted by Crippen LogP contribution is -2.44. The van der Waals surface area contributed by atoms with Gasteiger partial charge in [-0.05, 0) is 105 Å². The number of anilines is 1. The monoisotopic (exact) mass is 600 g/mol. The molecule has 0 aromatic heterocycles. The number of aryl methyl sites for hydroxylation is 1. The molecule has 4 atom stereocenters. The highest BCUT2D eigenvalue weighted by molar-refractivity contribution is 7.90. The van der Waals surface area contributed by atoms with E-state index in [1.165, 1.54) is 5.56 Å². The lowest BCUT2D eigenvalue weighted by Gasteiger charge is -2.43. The fraction of sp³-hybridized carbons (Fsp3) is 0.531. The van der Waals surface area contributed by atoms with Gasteiger partial charge in [-0.15, -0.1) is 0 Å². The molecule has 0 saturated heterocycles. The predicted molar refractivity (Wildman–Crippen MR) is 163 cm³/mol. The first-order valence-corrected chi connectivity index (χ1v) is 16.8. The number of sulfonamides is 1. The number of nitrogens with zero attached hydrogens (tertiary/aromatic N) is 1. The van der Waals surface area contributed by atoms with Gasteiger partial charge in [0.05, 0.1) is 17.0 Å². The van der Waals surface area contributed by atoms with Crippen LogP contribution in [0.2, 0.25) is 5.02 Å². The minimum atomic E-state index is -3.85. The SMILES string of the molecule is CC[C@@H]1CC/C=C/[C@H](OC)[C@@H]2CC[C@H]2CN2CCCCc3cc(Cl)ccc3COc3ccc(cc32)C(=O)NS1(=O)=O. The normalized spacial score (nSPS) is 27.6. The Bertz CT molecular complexity index is 1380. The van der Waals surface area contributed by atoms with Crippen molar-refractivity contribution >= 4 is 33.2 Å². The highest BCUT2D eigenvalue weighted by Gasteiger charge is 2.38. The molecule has 1 aliphatic carbocycles. The summed E-state index contributed by atoms with van der Waals surface area (Å²) in [5, 5.41) is 0.0634. The van der Waals surface area contributed by atoms with Gasteiger partial charge in [0.1, 0.15) is 12.4 Å². The van der Waals surface area contributed by atoms with E-state index in [1.54, 1.807) is 25.3 Å². The second-order valence-corrected chi connectivity index (χ2v) is 13.9. The first kappa shape index (κ1) is 29.9. The van der Waals surface area contributed by atoms with Gasteiger partial charge in [0.15, 0.2) is 0 Å². The Labute approximate surface area is 249 Å². The summed E-state index contributed by atoms with van der Waals surface area (Å²) < 4.78 is 41.1. The summed E-state index contributed by atoms with van der Waals surface area (Å²) in [5.41, 5.74) is 3.42. The Morgan fingerprint density at radius 3 is 2.71 bits per heavy atom. The molecule has 1 saturated carbocycles. The van der Waals surface area contributed by atoms with Gasteiger partial charge < -0.3 is 14.4 Å². The number of methoxy groups -OCH3 is 1. The summed E-state index contributed by atoms with van der Waals surface area (Å²) in [6, 6.07) is 11.2. The van der Waals surface area contributed by atoms with Gasteiger partial charge >= 0.3 is 0 Å². The minimum absolute atomic E-state index is 0.0109. The Balaban J connectivity index is 1.54. The maximum Gasteiger partial charge on any atom is 0.264 e. The summed E-state index contributed by atoms with van der Waals surface area (Å²) >= 11 is 6.31. The molecule has 2 aliphatic heterocycles. The van der Waals surface area contributed by atoms with Crippen LogP contribution < -0.4 is 14.4 Å². The number of hydrogen-bond acceptors (Lipinski definition) is 6. The Morgan fingerprint density at radius 1 is 1.10 bits per heavy atom. The molecular formula is C32H41ClN2O5S.